The molecule has 0 atom stereocenters. The highest BCUT2D eigenvalue weighted by Gasteiger charge is 2.51. The molecule has 0 unspecified atom stereocenters. The standard InChI is InChI=1S/C25H28BN3O4/c1-24(2)25(3,4)33-26(32-24)16-12-13-19-20(27-28(5)21(19)15-16)11-8-14-29-22(30)17-9-6-7-10-18(17)23(29)31/h6-7,9-10,12-13,15H,8,11,14H2,1-5H3. The van der Waals surface area contributed by atoms with E-state index in [1.807, 2.05) is 45.5 Å². The molecule has 0 aliphatic carbocycles. The molecule has 2 amide bonds. The van der Waals surface area contributed by atoms with Gasteiger partial charge >= 0.3 is 7.12 Å². The second-order valence-electron chi connectivity index (χ2n) is 9.85. The lowest BCUT2D eigenvalue weighted by atomic mass is 9.78. The molecule has 0 N–H and O–H groups in total. The average molecular weight is 445 g/mol. The SMILES string of the molecule is Cn1nc(CCCN2C(=O)c3ccccc3C2=O)c2ccc(B3OC(C)(C)C(C)(C)O3)cc21. The van der Waals surface area contributed by atoms with Gasteiger partial charge in [0.2, 0.25) is 0 Å². The first-order chi connectivity index (χ1) is 15.6. The lowest BCUT2D eigenvalue weighted by molar-refractivity contribution is 0.00578. The van der Waals surface area contributed by atoms with Gasteiger partial charge in [0, 0.05) is 19.0 Å². The third kappa shape index (κ3) is 3.48. The van der Waals surface area contributed by atoms with Crippen molar-refractivity contribution in [3.8, 4) is 0 Å². The van der Waals surface area contributed by atoms with Crippen LogP contribution in [0.1, 0.15) is 60.5 Å². The van der Waals surface area contributed by atoms with E-state index in [0.29, 0.717) is 30.5 Å². The minimum absolute atomic E-state index is 0.214. The molecule has 0 bridgehead atoms. The van der Waals surface area contributed by atoms with Crippen LogP contribution in [-0.4, -0.2) is 51.4 Å². The fourth-order valence-electron chi connectivity index (χ4n) is 4.51. The third-order valence-electron chi connectivity index (χ3n) is 7.15. The van der Waals surface area contributed by atoms with Crippen LogP contribution in [0.4, 0.5) is 0 Å². The number of hydrogen-bond acceptors (Lipinski definition) is 5. The lowest BCUT2D eigenvalue weighted by Gasteiger charge is -2.32. The van der Waals surface area contributed by atoms with Crippen LogP contribution >= 0.6 is 0 Å². The molecule has 33 heavy (non-hydrogen) atoms. The zero-order valence-electron chi connectivity index (χ0n) is 19.7. The second kappa shape index (κ2) is 7.53. The smallest absolute Gasteiger partial charge is 0.399 e. The van der Waals surface area contributed by atoms with Gasteiger partial charge in [-0.25, -0.2) is 0 Å². The molecule has 3 aromatic rings. The van der Waals surface area contributed by atoms with Gasteiger partial charge in [-0.3, -0.25) is 19.2 Å². The van der Waals surface area contributed by atoms with E-state index in [4.69, 9.17) is 14.4 Å². The Morgan fingerprint density at radius 3 is 2.15 bits per heavy atom. The first kappa shape index (κ1) is 21.9. The lowest BCUT2D eigenvalue weighted by Crippen LogP contribution is -2.41. The highest BCUT2D eigenvalue weighted by Crippen LogP contribution is 2.36. The predicted molar refractivity (Wildman–Crippen MR) is 127 cm³/mol. The summed E-state index contributed by atoms with van der Waals surface area (Å²) in [7, 11) is 1.50. The van der Waals surface area contributed by atoms with Crippen LogP contribution in [0.3, 0.4) is 0 Å². The summed E-state index contributed by atoms with van der Waals surface area (Å²) in [5.41, 5.74) is 3.09. The predicted octanol–water partition coefficient (Wildman–Crippen LogP) is 3.10. The molecule has 1 aromatic heterocycles. The van der Waals surface area contributed by atoms with Crippen LogP contribution in [0.2, 0.25) is 0 Å². The highest BCUT2D eigenvalue weighted by atomic mass is 16.7. The molecule has 7 nitrogen and oxygen atoms in total. The molecule has 170 valence electrons. The van der Waals surface area contributed by atoms with Crippen molar-refractivity contribution in [2.75, 3.05) is 6.54 Å². The van der Waals surface area contributed by atoms with Gasteiger partial charge in [0.05, 0.1) is 33.5 Å². The number of aromatic nitrogens is 2. The van der Waals surface area contributed by atoms with Crippen molar-refractivity contribution in [2.45, 2.75) is 51.7 Å². The van der Waals surface area contributed by atoms with Crippen LogP contribution in [0.5, 0.6) is 0 Å². The van der Waals surface area contributed by atoms with Gasteiger partial charge in [0.1, 0.15) is 0 Å². The maximum Gasteiger partial charge on any atom is 0.494 e. The molecule has 5 rings (SSSR count). The largest absolute Gasteiger partial charge is 0.494 e. The highest BCUT2D eigenvalue weighted by molar-refractivity contribution is 6.62. The Hall–Kier alpha value is -2.97. The number of nitrogens with zero attached hydrogens (tertiary/aromatic N) is 3. The van der Waals surface area contributed by atoms with E-state index < -0.39 is 18.3 Å². The van der Waals surface area contributed by atoms with E-state index in [0.717, 1.165) is 22.1 Å². The number of fused-ring (bicyclic) bond motifs is 2. The van der Waals surface area contributed by atoms with Gasteiger partial charge in [0.25, 0.3) is 11.8 Å². The van der Waals surface area contributed by atoms with E-state index in [1.165, 1.54) is 4.90 Å². The molecule has 2 aliphatic rings. The average Bonchev–Trinajstić information content (AvgIpc) is 3.30. The Morgan fingerprint density at radius 2 is 1.55 bits per heavy atom. The summed E-state index contributed by atoms with van der Waals surface area (Å²) in [6.45, 7) is 8.55. The maximum absolute atomic E-state index is 12.6. The number of imide groups is 1. The van der Waals surface area contributed by atoms with Gasteiger partial charge in [-0.2, -0.15) is 5.10 Å². The summed E-state index contributed by atoms with van der Waals surface area (Å²) in [6, 6.07) is 13.1. The van der Waals surface area contributed by atoms with Crippen LogP contribution in [-0.2, 0) is 22.8 Å². The van der Waals surface area contributed by atoms with Crippen LogP contribution in [0.25, 0.3) is 10.9 Å². The molecule has 8 heteroatoms. The Balaban J connectivity index is 1.31. The van der Waals surface area contributed by atoms with E-state index >= 15 is 0 Å². The molecule has 2 aromatic carbocycles. The number of carbonyl (C=O) groups is 2. The van der Waals surface area contributed by atoms with Gasteiger partial charge in [-0.15, -0.1) is 0 Å². The summed E-state index contributed by atoms with van der Waals surface area (Å²) in [4.78, 5) is 26.5. The molecular formula is C25H28BN3O4. The van der Waals surface area contributed by atoms with Crippen molar-refractivity contribution in [3.05, 3.63) is 59.3 Å². The Kier molecular flexibility index (Phi) is 4.99. The van der Waals surface area contributed by atoms with Crippen LogP contribution in [0.15, 0.2) is 42.5 Å². The monoisotopic (exact) mass is 445 g/mol. The zero-order chi connectivity index (χ0) is 23.5. The van der Waals surface area contributed by atoms with Gasteiger partial charge in [0.15, 0.2) is 0 Å². The summed E-state index contributed by atoms with van der Waals surface area (Å²) in [5, 5.41) is 5.76. The van der Waals surface area contributed by atoms with E-state index in [1.54, 1.807) is 24.3 Å². The fraction of sp³-hybridized carbons (Fsp3) is 0.400. The van der Waals surface area contributed by atoms with E-state index in [-0.39, 0.29) is 11.8 Å². The Morgan fingerprint density at radius 1 is 0.939 bits per heavy atom. The maximum atomic E-state index is 12.6. The number of carbonyl (C=O) groups excluding carboxylic acids is 2. The molecule has 2 aliphatic heterocycles. The van der Waals surface area contributed by atoms with Crippen LogP contribution < -0.4 is 5.46 Å². The first-order valence-electron chi connectivity index (χ1n) is 11.4. The minimum Gasteiger partial charge on any atom is -0.399 e. The van der Waals surface area contributed by atoms with E-state index in [2.05, 4.69) is 12.1 Å². The molecule has 0 saturated carbocycles. The van der Waals surface area contributed by atoms with E-state index in [9.17, 15) is 9.59 Å². The molecular weight excluding hydrogens is 417 g/mol. The summed E-state index contributed by atoms with van der Waals surface area (Å²) >= 11 is 0. The Labute approximate surface area is 193 Å². The number of aryl methyl sites for hydroxylation is 2. The molecule has 1 saturated heterocycles. The molecule has 1 fully saturated rings. The van der Waals surface area contributed by atoms with Crippen molar-refractivity contribution < 1.29 is 18.9 Å². The van der Waals surface area contributed by atoms with Crippen molar-refractivity contribution in [1.29, 1.82) is 0 Å². The third-order valence-corrected chi connectivity index (χ3v) is 7.15. The van der Waals surface area contributed by atoms with Crippen molar-refractivity contribution in [1.82, 2.24) is 14.7 Å². The van der Waals surface area contributed by atoms with Crippen LogP contribution in [0, 0.1) is 0 Å². The topological polar surface area (TPSA) is 73.7 Å². The molecule has 0 radical (unpaired) electrons. The van der Waals surface area contributed by atoms with Crippen molar-refractivity contribution in [2.24, 2.45) is 7.05 Å². The number of benzene rings is 2. The second-order valence-corrected chi connectivity index (χ2v) is 9.85. The summed E-state index contributed by atoms with van der Waals surface area (Å²) in [6.07, 6.45) is 1.32. The number of hydrogen-bond donors (Lipinski definition) is 0. The fourth-order valence-corrected chi connectivity index (χ4v) is 4.51. The number of rotatable bonds is 5. The van der Waals surface area contributed by atoms with Gasteiger partial charge < -0.3 is 9.31 Å². The van der Waals surface area contributed by atoms with Crippen molar-refractivity contribution >= 4 is 35.3 Å². The summed E-state index contributed by atoms with van der Waals surface area (Å²) < 4.78 is 14.2. The quantitative estimate of drug-likeness (QED) is 0.446. The van der Waals surface area contributed by atoms with Crippen molar-refractivity contribution in [3.63, 3.8) is 0 Å². The molecule has 0 spiro atoms. The Bertz CT molecular complexity index is 1230. The first-order valence-corrected chi connectivity index (χ1v) is 11.4. The minimum atomic E-state index is -0.424. The molecule has 3 heterocycles. The van der Waals surface area contributed by atoms with Gasteiger partial charge in [-0.05, 0) is 64.2 Å². The zero-order valence-corrected chi connectivity index (χ0v) is 19.7. The summed E-state index contributed by atoms with van der Waals surface area (Å²) in [5.74, 6) is -0.429. The normalized spacial score (nSPS) is 19.1. The van der Waals surface area contributed by atoms with Gasteiger partial charge in [-0.1, -0.05) is 24.3 Å². The number of amides is 2.